The van der Waals surface area contributed by atoms with E-state index in [0.717, 1.165) is 24.2 Å². The van der Waals surface area contributed by atoms with Crippen LogP contribution in [0.4, 0.5) is 5.82 Å². The minimum Gasteiger partial charge on any atom is -0.479 e. The van der Waals surface area contributed by atoms with Crippen molar-refractivity contribution in [2.45, 2.75) is 91.3 Å². The molecule has 0 spiro atoms. The summed E-state index contributed by atoms with van der Waals surface area (Å²) >= 11 is 0. The molecule has 0 amide bonds. The molecular formula is C30H43N7O5. The molecule has 228 valence electrons. The zero-order valence-electron chi connectivity index (χ0n) is 25.7. The second kappa shape index (κ2) is 11.7. The predicted molar refractivity (Wildman–Crippen MR) is 157 cm³/mol. The lowest BCUT2D eigenvalue weighted by atomic mass is 9.92. The summed E-state index contributed by atoms with van der Waals surface area (Å²) in [5.74, 6) is -0.173. The monoisotopic (exact) mass is 581 g/mol. The van der Waals surface area contributed by atoms with Crippen LogP contribution in [-0.2, 0) is 25.5 Å². The molecule has 3 aromatic rings. The SMILES string of the molecule is Cc1nc2cc3nn2c(c1[C@H](OC(C)(C)C)C(=O)O)N1CCC(C)(CC1)OC/C=C/COC(C(C)C)c1cn(nn1)C3. The maximum absolute atomic E-state index is 12.7. The number of piperidine rings is 1. The minimum absolute atomic E-state index is 0.206. The maximum atomic E-state index is 12.7. The molecule has 0 saturated carbocycles. The Hall–Kier alpha value is -3.35. The summed E-state index contributed by atoms with van der Waals surface area (Å²) in [5, 5.41) is 24.0. The molecule has 6 rings (SSSR count). The molecule has 2 atom stereocenters. The number of carbonyl (C=O) groups is 1. The first kappa shape index (κ1) is 30.1. The molecule has 1 N–H and O–H groups in total. The number of ether oxygens (including phenoxy) is 3. The molecular weight excluding hydrogens is 538 g/mol. The van der Waals surface area contributed by atoms with Crippen LogP contribution in [0.15, 0.2) is 24.4 Å². The normalized spacial score (nSPS) is 23.6. The van der Waals surface area contributed by atoms with Crippen LogP contribution >= 0.6 is 0 Å². The van der Waals surface area contributed by atoms with Gasteiger partial charge in [-0.1, -0.05) is 31.2 Å². The van der Waals surface area contributed by atoms with E-state index >= 15 is 0 Å². The highest BCUT2D eigenvalue weighted by Gasteiger charge is 2.37. The molecule has 1 saturated heterocycles. The van der Waals surface area contributed by atoms with E-state index in [-0.39, 0.29) is 17.6 Å². The van der Waals surface area contributed by atoms with Gasteiger partial charge in [0.1, 0.15) is 17.6 Å². The third-order valence-corrected chi connectivity index (χ3v) is 7.78. The third kappa shape index (κ3) is 6.50. The second-order valence-corrected chi connectivity index (χ2v) is 12.8. The van der Waals surface area contributed by atoms with E-state index in [1.807, 2.05) is 52.1 Å². The van der Waals surface area contributed by atoms with E-state index in [1.54, 1.807) is 9.20 Å². The number of carboxylic acids is 1. The summed E-state index contributed by atoms with van der Waals surface area (Å²) in [6, 6.07) is 1.92. The number of hydrogen-bond donors (Lipinski definition) is 1. The highest BCUT2D eigenvalue weighted by molar-refractivity contribution is 5.78. The fourth-order valence-electron chi connectivity index (χ4n) is 5.62. The fourth-order valence-corrected chi connectivity index (χ4v) is 5.62. The molecule has 3 aliphatic heterocycles. The molecule has 0 aliphatic carbocycles. The molecule has 3 aliphatic rings. The van der Waals surface area contributed by atoms with E-state index in [2.05, 4.69) is 36.0 Å². The standard InChI is InChI=1S/C30H43N7O5/c1-19(2)25-22-18-36(34-32-22)17-21-16-23-31-20(3)24(26(28(38)39)42-29(4,5)6)27(37(23)33-21)35-12-10-30(7,11-13-35)41-15-9-8-14-40-25/h8-9,16,18-19,25-26H,10-15,17H2,1-7H3,(H,38,39)/b9-8+/t25?,26-/m0/s1. The average molecular weight is 582 g/mol. The Bertz CT molecular complexity index is 1450. The van der Waals surface area contributed by atoms with Gasteiger partial charge in [-0.2, -0.15) is 9.61 Å². The maximum Gasteiger partial charge on any atom is 0.337 e. The van der Waals surface area contributed by atoms with Gasteiger partial charge in [0, 0.05) is 24.8 Å². The summed E-state index contributed by atoms with van der Waals surface area (Å²) in [5.41, 5.74) is 2.23. The van der Waals surface area contributed by atoms with Crippen LogP contribution in [0, 0.1) is 12.8 Å². The highest BCUT2D eigenvalue weighted by atomic mass is 16.5. The number of hydrogen-bond acceptors (Lipinski definition) is 9. The fraction of sp³-hybridized carbons (Fsp3) is 0.633. The van der Waals surface area contributed by atoms with Gasteiger partial charge in [-0.25, -0.2) is 14.5 Å². The van der Waals surface area contributed by atoms with Gasteiger partial charge >= 0.3 is 5.97 Å². The second-order valence-electron chi connectivity index (χ2n) is 12.8. The molecule has 12 nitrogen and oxygen atoms in total. The Labute approximate surface area is 246 Å². The van der Waals surface area contributed by atoms with Gasteiger partial charge in [0.25, 0.3) is 0 Å². The molecule has 6 bridgehead atoms. The number of aryl methyl sites for hydroxylation is 1. The van der Waals surface area contributed by atoms with Crippen molar-refractivity contribution in [3.8, 4) is 0 Å². The number of rotatable bonds is 4. The number of aromatic nitrogens is 6. The number of carboxylic acid groups (broad SMARTS) is 1. The first-order valence-corrected chi connectivity index (χ1v) is 14.7. The van der Waals surface area contributed by atoms with E-state index in [0.29, 0.717) is 55.6 Å². The number of fused-ring (bicyclic) bond motifs is 7. The van der Waals surface area contributed by atoms with Crippen molar-refractivity contribution in [2.24, 2.45) is 5.92 Å². The third-order valence-electron chi connectivity index (χ3n) is 7.78. The lowest BCUT2D eigenvalue weighted by Crippen LogP contribution is -2.45. The Morgan fingerprint density at radius 3 is 2.57 bits per heavy atom. The first-order valence-electron chi connectivity index (χ1n) is 14.7. The number of aliphatic carboxylic acids is 1. The van der Waals surface area contributed by atoms with Crippen LogP contribution in [0.5, 0.6) is 0 Å². The van der Waals surface area contributed by atoms with Crippen molar-refractivity contribution >= 4 is 17.4 Å². The summed E-state index contributed by atoms with van der Waals surface area (Å²) in [6.07, 6.45) is 5.99. The summed E-state index contributed by atoms with van der Waals surface area (Å²) in [6.45, 7) is 16.4. The first-order chi connectivity index (χ1) is 19.8. The molecule has 3 aromatic heterocycles. The minimum atomic E-state index is -1.22. The summed E-state index contributed by atoms with van der Waals surface area (Å²) in [4.78, 5) is 19.7. The van der Waals surface area contributed by atoms with Gasteiger partial charge < -0.3 is 24.2 Å². The van der Waals surface area contributed by atoms with E-state index in [4.69, 9.17) is 24.3 Å². The van der Waals surface area contributed by atoms with Crippen molar-refractivity contribution in [1.29, 1.82) is 0 Å². The van der Waals surface area contributed by atoms with Crippen LogP contribution in [0.1, 0.15) is 89.2 Å². The van der Waals surface area contributed by atoms with Gasteiger partial charge in [0.05, 0.1) is 48.4 Å². The summed E-state index contributed by atoms with van der Waals surface area (Å²) in [7, 11) is 0. The highest BCUT2D eigenvalue weighted by Crippen LogP contribution is 2.37. The smallest absolute Gasteiger partial charge is 0.337 e. The van der Waals surface area contributed by atoms with E-state index < -0.39 is 17.7 Å². The number of anilines is 1. The van der Waals surface area contributed by atoms with Gasteiger partial charge in [-0.3, -0.25) is 0 Å². The predicted octanol–water partition coefficient (Wildman–Crippen LogP) is 4.28. The Kier molecular flexibility index (Phi) is 8.41. The Morgan fingerprint density at radius 1 is 1.19 bits per heavy atom. The quantitative estimate of drug-likeness (QED) is 0.446. The van der Waals surface area contributed by atoms with Crippen molar-refractivity contribution in [2.75, 3.05) is 31.2 Å². The molecule has 0 radical (unpaired) electrons. The van der Waals surface area contributed by atoms with Crippen LogP contribution in [0.2, 0.25) is 0 Å². The molecule has 0 aromatic carbocycles. The van der Waals surface area contributed by atoms with Crippen molar-refractivity contribution < 1.29 is 24.1 Å². The topological polar surface area (TPSA) is 129 Å². The molecule has 1 unspecified atom stereocenters. The van der Waals surface area contributed by atoms with Gasteiger partial charge in [-0.15, -0.1) is 5.10 Å². The summed E-state index contributed by atoms with van der Waals surface area (Å²) < 4.78 is 22.1. The van der Waals surface area contributed by atoms with Crippen molar-refractivity contribution in [3.63, 3.8) is 0 Å². The Balaban J connectivity index is 1.63. The number of nitrogens with zero attached hydrogens (tertiary/aromatic N) is 7. The van der Waals surface area contributed by atoms with Gasteiger partial charge in [0.15, 0.2) is 11.8 Å². The van der Waals surface area contributed by atoms with Gasteiger partial charge in [-0.05, 0) is 53.4 Å². The lowest BCUT2D eigenvalue weighted by molar-refractivity contribution is -0.160. The Morgan fingerprint density at radius 2 is 1.90 bits per heavy atom. The molecule has 42 heavy (non-hydrogen) atoms. The van der Waals surface area contributed by atoms with Gasteiger partial charge in [0.2, 0.25) is 0 Å². The van der Waals surface area contributed by atoms with E-state index in [1.165, 1.54) is 0 Å². The molecule has 1 fully saturated rings. The van der Waals surface area contributed by atoms with Crippen LogP contribution in [0.25, 0.3) is 5.65 Å². The van der Waals surface area contributed by atoms with Crippen molar-refractivity contribution in [1.82, 2.24) is 29.6 Å². The van der Waals surface area contributed by atoms with E-state index in [9.17, 15) is 9.90 Å². The zero-order valence-corrected chi connectivity index (χ0v) is 25.7. The van der Waals surface area contributed by atoms with Crippen molar-refractivity contribution in [3.05, 3.63) is 47.1 Å². The van der Waals surface area contributed by atoms with Crippen LogP contribution in [-0.4, -0.2) is 78.2 Å². The average Bonchev–Trinajstić information content (AvgIpc) is 3.52. The zero-order chi connectivity index (χ0) is 30.2. The van der Waals surface area contributed by atoms with Crippen LogP contribution < -0.4 is 4.90 Å². The lowest BCUT2D eigenvalue weighted by Gasteiger charge is -2.41. The molecule has 6 heterocycles. The van der Waals surface area contributed by atoms with Crippen LogP contribution in [0.3, 0.4) is 0 Å². The largest absolute Gasteiger partial charge is 0.479 e. The molecule has 12 heteroatoms.